The summed E-state index contributed by atoms with van der Waals surface area (Å²) in [6.07, 6.45) is 4.10. The zero-order valence-corrected chi connectivity index (χ0v) is 19.4. The molecule has 9 heteroatoms. The van der Waals surface area contributed by atoms with Crippen molar-refractivity contribution in [1.82, 2.24) is 0 Å². The van der Waals surface area contributed by atoms with E-state index in [9.17, 15) is 22.5 Å². The van der Waals surface area contributed by atoms with Crippen LogP contribution < -0.4 is 4.72 Å². The molecular weight excluding hydrogens is 466 g/mol. The molecule has 164 valence electrons. The van der Waals surface area contributed by atoms with Crippen LogP contribution >= 0.6 is 11.3 Å². The monoisotopic (exact) mass is 486 g/mol. The first kappa shape index (κ1) is 21.2. The van der Waals surface area contributed by atoms with Gasteiger partial charge in [-0.2, -0.15) is 0 Å². The molecule has 3 aromatic rings. The Labute approximate surface area is 193 Å². The molecule has 5 rings (SSSR count). The Morgan fingerprint density at radius 3 is 2.41 bits per heavy atom. The van der Waals surface area contributed by atoms with E-state index in [-0.39, 0.29) is 16.4 Å². The molecular formula is C23H20NO5S3+. The molecule has 0 saturated heterocycles. The molecule has 2 N–H and O–H groups in total. The summed E-state index contributed by atoms with van der Waals surface area (Å²) < 4.78 is 41.0. The Morgan fingerprint density at radius 1 is 1.00 bits per heavy atom. The quantitative estimate of drug-likeness (QED) is 0.412. The molecule has 1 aromatic heterocycles. The van der Waals surface area contributed by atoms with Gasteiger partial charge in [0.2, 0.25) is 0 Å². The van der Waals surface area contributed by atoms with Crippen molar-refractivity contribution in [2.24, 2.45) is 0 Å². The molecule has 0 aliphatic heterocycles. The van der Waals surface area contributed by atoms with Crippen LogP contribution in [0.2, 0.25) is 0 Å². The van der Waals surface area contributed by atoms with Crippen LogP contribution in [0.3, 0.4) is 0 Å². The van der Waals surface area contributed by atoms with Gasteiger partial charge < -0.3 is 5.11 Å². The predicted octanol–water partition coefficient (Wildman–Crippen LogP) is 5.46. The SMILES string of the molecule is O=[S+]c1ccc(-c2ccc(C3CC3)s2)c(NS(=O)(=O)c2cc(C(=O)O)ccc2C2CC2)c1. The van der Waals surface area contributed by atoms with E-state index in [4.69, 9.17) is 0 Å². The molecule has 0 atom stereocenters. The number of anilines is 1. The smallest absolute Gasteiger partial charge is 0.478 e. The molecule has 0 amide bonds. The highest BCUT2D eigenvalue weighted by atomic mass is 32.2. The topological polar surface area (TPSA) is 101 Å². The summed E-state index contributed by atoms with van der Waals surface area (Å²) in [5.74, 6) is -0.475. The predicted molar refractivity (Wildman–Crippen MR) is 124 cm³/mol. The average molecular weight is 487 g/mol. The zero-order valence-electron chi connectivity index (χ0n) is 16.9. The largest absolute Gasteiger partial charge is 0.505 e. The number of aromatic carboxylic acids is 1. The number of hydrogen-bond acceptors (Lipinski definition) is 5. The lowest BCUT2D eigenvalue weighted by molar-refractivity contribution is 0.0696. The van der Waals surface area contributed by atoms with Gasteiger partial charge in [0.1, 0.15) is 0 Å². The fourth-order valence-corrected chi connectivity index (χ4v) is 6.69. The summed E-state index contributed by atoms with van der Waals surface area (Å²) >= 11 is 1.93. The maximum Gasteiger partial charge on any atom is 0.505 e. The zero-order chi connectivity index (χ0) is 22.5. The standard InChI is InChI=1S/C23H19NO5S3/c25-23(26)15-5-7-17(13-1-2-13)22(11-15)32(28,29)24-19-12-16(31-27)6-8-18(19)21-10-9-20(30-21)14-3-4-14/h5-14,24H,1-4H2/p+1. The van der Waals surface area contributed by atoms with Gasteiger partial charge in [0.25, 0.3) is 14.9 Å². The van der Waals surface area contributed by atoms with Crippen LogP contribution in [0.15, 0.2) is 58.3 Å². The molecule has 0 spiro atoms. The minimum atomic E-state index is -4.08. The van der Waals surface area contributed by atoms with Crippen LogP contribution in [0.1, 0.15) is 58.3 Å². The summed E-state index contributed by atoms with van der Waals surface area (Å²) in [6.45, 7) is 0. The number of hydrogen-bond donors (Lipinski definition) is 2. The fraction of sp³-hybridized carbons (Fsp3) is 0.261. The van der Waals surface area contributed by atoms with Crippen LogP contribution in [0.4, 0.5) is 5.69 Å². The van der Waals surface area contributed by atoms with Crippen molar-refractivity contribution in [2.45, 2.75) is 47.3 Å². The van der Waals surface area contributed by atoms with Crippen LogP contribution in [-0.4, -0.2) is 19.5 Å². The molecule has 2 aliphatic rings. The third-order valence-electron chi connectivity index (χ3n) is 5.77. The molecule has 6 nitrogen and oxygen atoms in total. The van der Waals surface area contributed by atoms with Gasteiger partial charge >= 0.3 is 17.6 Å². The van der Waals surface area contributed by atoms with Gasteiger partial charge in [-0.3, -0.25) is 4.72 Å². The van der Waals surface area contributed by atoms with E-state index in [1.807, 2.05) is 6.07 Å². The molecule has 2 aromatic carbocycles. The van der Waals surface area contributed by atoms with E-state index in [1.165, 1.54) is 29.9 Å². The molecule has 0 radical (unpaired) electrons. The minimum absolute atomic E-state index is 0.0177. The highest BCUT2D eigenvalue weighted by molar-refractivity contribution is 7.92. The molecule has 2 fully saturated rings. The minimum Gasteiger partial charge on any atom is -0.478 e. The van der Waals surface area contributed by atoms with E-state index in [1.54, 1.807) is 35.6 Å². The number of nitrogens with one attached hydrogen (secondary N) is 1. The van der Waals surface area contributed by atoms with Gasteiger partial charge in [-0.25, -0.2) is 13.2 Å². The normalized spacial score (nSPS) is 16.0. The summed E-state index contributed by atoms with van der Waals surface area (Å²) in [7, 11) is -4.08. The van der Waals surface area contributed by atoms with Crippen molar-refractivity contribution >= 4 is 44.7 Å². The lowest BCUT2D eigenvalue weighted by Gasteiger charge is -2.15. The van der Waals surface area contributed by atoms with Crippen LogP contribution in [0, 0.1) is 0 Å². The Kier molecular flexibility index (Phi) is 5.35. The van der Waals surface area contributed by atoms with Crippen molar-refractivity contribution in [2.75, 3.05) is 4.72 Å². The van der Waals surface area contributed by atoms with E-state index in [0.29, 0.717) is 39.3 Å². The van der Waals surface area contributed by atoms with E-state index < -0.39 is 16.0 Å². The number of carboxylic acid groups (broad SMARTS) is 1. The maximum absolute atomic E-state index is 13.5. The second-order valence-corrected chi connectivity index (χ2v) is 11.6. The van der Waals surface area contributed by atoms with Crippen molar-refractivity contribution < 1.29 is 22.5 Å². The summed E-state index contributed by atoms with van der Waals surface area (Å²) in [5.41, 5.74) is 1.57. The van der Waals surface area contributed by atoms with E-state index in [2.05, 4.69) is 10.8 Å². The van der Waals surface area contributed by atoms with Crippen LogP contribution in [0.5, 0.6) is 0 Å². The first-order valence-corrected chi connectivity index (χ1v) is 13.3. The van der Waals surface area contributed by atoms with Gasteiger partial charge in [0, 0.05) is 31.7 Å². The lowest BCUT2D eigenvalue weighted by atomic mass is 10.1. The van der Waals surface area contributed by atoms with Crippen LogP contribution in [0.25, 0.3) is 10.4 Å². The van der Waals surface area contributed by atoms with Crippen molar-refractivity contribution in [3.63, 3.8) is 0 Å². The van der Waals surface area contributed by atoms with Gasteiger partial charge in [-0.05, 0) is 73.4 Å². The Balaban J connectivity index is 1.57. The lowest BCUT2D eigenvalue weighted by Crippen LogP contribution is -2.16. The Hall–Kier alpha value is -2.62. The third kappa shape index (κ3) is 4.20. The Bertz CT molecular complexity index is 1340. The number of carboxylic acids is 1. The van der Waals surface area contributed by atoms with Crippen molar-refractivity contribution in [3.8, 4) is 10.4 Å². The first-order chi connectivity index (χ1) is 15.4. The molecule has 2 aliphatic carbocycles. The van der Waals surface area contributed by atoms with Gasteiger partial charge in [-0.1, -0.05) is 6.07 Å². The second-order valence-electron chi connectivity index (χ2n) is 8.20. The number of sulfonamides is 1. The molecule has 32 heavy (non-hydrogen) atoms. The first-order valence-electron chi connectivity index (χ1n) is 10.3. The van der Waals surface area contributed by atoms with Gasteiger partial charge in [-0.15, -0.1) is 11.3 Å². The summed E-state index contributed by atoms with van der Waals surface area (Å²) in [4.78, 5) is 14.1. The van der Waals surface area contributed by atoms with Crippen molar-refractivity contribution in [1.29, 1.82) is 0 Å². The molecule has 0 bridgehead atoms. The number of thiophene rings is 1. The molecule has 2 saturated carbocycles. The summed E-state index contributed by atoms with van der Waals surface area (Å²) in [6, 6.07) is 13.3. The highest BCUT2D eigenvalue weighted by Crippen LogP contribution is 2.47. The fourth-order valence-electron chi connectivity index (χ4n) is 3.79. The van der Waals surface area contributed by atoms with Crippen LogP contribution in [-0.2, 0) is 25.9 Å². The molecule has 0 unspecified atom stereocenters. The van der Waals surface area contributed by atoms with Gasteiger partial charge in [0.05, 0.1) is 16.1 Å². The molecule has 1 heterocycles. The van der Waals surface area contributed by atoms with Gasteiger partial charge in [0.15, 0.2) is 0 Å². The number of benzene rings is 2. The summed E-state index contributed by atoms with van der Waals surface area (Å²) in [5, 5.41) is 9.37. The second kappa shape index (κ2) is 8.06. The van der Waals surface area contributed by atoms with E-state index >= 15 is 0 Å². The average Bonchev–Trinajstić information content (AvgIpc) is 3.71. The maximum atomic E-state index is 13.5. The van der Waals surface area contributed by atoms with E-state index in [0.717, 1.165) is 17.7 Å². The number of rotatable bonds is 8. The third-order valence-corrected chi connectivity index (χ3v) is 8.92. The number of carbonyl (C=O) groups is 1. The highest BCUT2D eigenvalue weighted by Gasteiger charge is 2.32. The van der Waals surface area contributed by atoms with Crippen molar-refractivity contribution in [3.05, 3.63) is 64.5 Å². The Morgan fingerprint density at radius 2 is 1.75 bits per heavy atom.